The smallest absolute Gasteiger partial charge is 0.204 e. The van der Waals surface area contributed by atoms with E-state index in [-0.39, 0.29) is 18.9 Å². The largest absolute Gasteiger partial charge is 0.396 e. The summed E-state index contributed by atoms with van der Waals surface area (Å²) in [4.78, 5) is 17.6. The second-order valence-electron chi connectivity index (χ2n) is 7.80. The molecule has 5 heteroatoms. The van der Waals surface area contributed by atoms with Crippen molar-refractivity contribution in [3.63, 3.8) is 0 Å². The summed E-state index contributed by atoms with van der Waals surface area (Å²) in [6.07, 6.45) is 8.07. The van der Waals surface area contributed by atoms with Gasteiger partial charge in [-0.25, -0.2) is 4.98 Å². The van der Waals surface area contributed by atoms with Gasteiger partial charge in [0, 0.05) is 18.7 Å². The Hall–Kier alpha value is -2.66. The third-order valence-electron chi connectivity index (χ3n) is 5.42. The Kier molecular flexibility index (Phi) is 8.45. The monoisotopic (exact) mass is 407 g/mol. The maximum absolute atomic E-state index is 13.0. The zero-order valence-electron chi connectivity index (χ0n) is 17.9. The number of rotatable bonds is 13. The highest BCUT2D eigenvalue weighted by Crippen LogP contribution is 2.21. The number of fused-ring (bicyclic) bond motifs is 1. The number of unbranched alkanes of at least 4 members (excludes halogenated alkanes) is 4. The Bertz CT molecular complexity index is 931. The summed E-state index contributed by atoms with van der Waals surface area (Å²) in [6, 6.07) is 15.9. The zero-order chi connectivity index (χ0) is 21.2. The Morgan fingerprint density at radius 3 is 2.53 bits per heavy atom. The highest BCUT2D eigenvalue weighted by molar-refractivity contribution is 5.97. The summed E-state index contributed by atoms with van der Waals surface area (Å²) < 4.78 is 1.93. The topological polar surface area (TPSA) is 67.2 Å². The fourth-order valence-electron chi connectivity index (χ4n) is 3.67. The fourth-order valence-corrected chi connectivity index (χ4v) is 3.67. The van der Waals surface area contributed by atoms with Crippen molar-refractivity contribution in [1.29, 1.82) is 0 Å². The van der Waals surface area contributed by atoms with E-state index in [2.05, 4.69) is 29.4 Å². The average Bonchev–Trinajstić information content (AvgIpc) is 3.11. The van der Waals surface area contributed by atoms with Gasteiger partial charge in [0.05, 0.1) is 17.6 Å². The first-order chi connectivity index (χ1) is 14.7. The molecule has 1 aromatic heterocycles. The number of hydrogen-bond donors (Lipinski definition) is 2. The molecule has 0 amide bonds. The van der Waals surface area contributed by atoms with Gasteiger partial charge in [-0.05, 0) is 37.0 Å². The zero-order valence-corrected chi connectivity index (χ0v) is 17.9. The summed E-state index contributed by atoms with van der Waals surface area (Å²) in [5, 5.41) is 12.3. The van der Waals surface area contributed by atoms with Crippen LogP contribution in [-0.2, 0) is 13.0 Å². The molecule has 0 radical (unpaired) electrons. The van der Waals surface area contributed by atoms with Gasteiger partial charge in [0.1, 0.15) is 0 Å². The number of carbonyl (C=O) groups is 1. The minimum atomic E-state index is 0.0675. The number of aliphatic hydroxyl groups excluding tert-OH is 1. The van der Waals surface area contributed by atoms with Crippen LogP contribution in [0.1, 0.15) is 61.4 Å². The number of Topliss-reactive ketones (excluding diaryl/α,β-unsaturated/α-hetero) is 1. The summed E-state index contributed by atoms with van der Waals surface area (Å²) >= 11 is 0. The van der Waals surface area contributed by atoms with Crippen molar-refractivity contribution in [2.24, 2.45) is 0 Å². The highest BCUT2D eigenvalue weighted by Gasteiger charge is 2.14. The molecular weight excluding hydrogens is 374 g/mol. The third-order valence-corrected chi connectivity index (χ3v) is 5.42. The lowest BCUT2D eigenvalue weighted by Gasteiger charge is -2.10. The van der Waals surface area contributed by atoms with Crippen molar-refractivity contribution < 1.29 is 9.90 Å². The third kappa shape index (κ3) is 5.92. The van der Waals surface area contributed by atoms with E-state index in [1.54, 1.807) is 0 Å². The first-order valence-electron chi connectivity index (χ1n) is 11.1. The molecule has 0 saturated carbocycles. The molecule has 0 bridgehead atoms. The predicted molar refractivity (Wildman–Crippen MR) is 123 cm³/mol. The van der Waals surface area contributed by atoms with E-state index in [0.29, 0.717) is 18.9 Å². The van der Waals surface area contributed by atoms with Crippen LogP contribution >= 0.6 is 0 Å². The predicted octanol–water partition coefficient (Wildman–Crippen LogP) is 5.23. The van der Waals surface area contributed by atoms with Crippen molar-refractivity contribution in [1.82, 2.24) is 9.55 Å². The van der Waals surface area contributed by atoms with E-state index < -0.39 is 0 Å². The number of nitrogens with one attached hydrogen (secondary N) is 1. The number of benzene rings is 2. The first kappa shape index (κ1) is 22.0. The molecule has 3 rings (SSSR count). The number of nitrogens with zero attached hydrogens (tertiary/aromatic N) is 2. The normalized spacial score (nSPS) is 11.1. The molecule has 0 aliphatic rings. The second kappa shape index (κ2) is 11.5. The molecule has 2 N–H and O–H groups in total. The molecule has 30 heavy (non-hydrogen) atoms. The molecular formula is C25H33N3O2. The maximum Gasteiger partial charge on any atom is 0.204 e. The molecule has 160 valence electrons. The standard InChI is InChI=1S/C25H33N3O2/c1-2-3-4-5-6-10-20-13-15-21(16-14-20)24(30)19-28-23-12-8-7-11-22(23)27-25(28)26-17-9-18-29/h7-8,11-16,29H,2-6,9-10,17-19H2,1H3,(H,26,27). The van der Waals surface area contributed by atoms with Crippen LogP contribution in [-0.4, -0.2) is 33.6 Å². The quantitative estimate of drug-likeness (QED) is 0.301. The number of imidazole rings is 1. The van der Waals surface area contributed by atoms with Crippen molar-refractivity contribution in [3.05, 3.63) is 59.7 Å². The van der Waals surface area contributed by atoms with Crippen molar-refractivity contribution in [2.75, 3.05) is 18.5 Å². The number of aromatic nitrogens is 2. The Morgan fingerprint density at radius 2 is 1.77 bits per heavy atom. The van der Waals surface area contributed by atoms with Crippen molar-refractivity contribution in [2.45, 2.75) is 58.4 Å². The Labute approximate surface area is 179 Å². The van der Waals surface area contributed by atoms with Crippen LogP contribution in [0.15, 0.2) is 48.5 Å². The Balaban J connectivity index is 1.66. The number of ketones is 1. The molecule has 0 fully saturated rings. The SMILES string of the molecule is CCCCCCCc1ccc(C(=O)Cn2c(NCCCO)nc3ccccc32)cc1. The van der Waals surface area contributed by atoms with Gasteiger partial charge in [-0.1, -0.05) is 69.0 Å². The van der Waals surface area contributed by atoms with Crippen LogP contribution in [0.5, 0.6) is 0 Å². The van der Waals surface area contributed by atoms with E-state index in [0.717, 1.165) is 23.0 Å². The Morgan fingerprint density at radius 1 is 1.00 bits per heavy atom. The van der Waals surface area contributed by atoms with Gasteiger partial charge in [0.15, 0.2) is 5.78 Å². The first-order valence-corrected chi connectivity index (χ1v) is 11.1. The van der Waals surface area contributed by atoms with E-state index in [4.69, 9.17) is 5.11 Å². The summed E-state index contributed by atoms with van der Waals surface area (Å²) in [7, 11) is 0. The minimum absolute atomic E-state index is 0.0675. The number of carbonyl (C=O) groups excluding carboxylic acids is 1. The van der Waals surface area contributed by atoms with Gasteiger partial charge in [-0.15, -0.1) is 0 Å². The van der Waals surface area contributed by atoms with Crippen LogP contribution in [0.2, 0.25) is 0 Å². The summed E-state index contributed by atoms with van der Waals surface area (Å²) in [5.74, 6) is 0.736. The molecule has 0 spiro atoms. The number of para-hydroxylation sites is 2. The van der Waals surface area contributed by atoms with Gasteiger partial charge >= 0.3 is 0 Å². The molecule has 0 aliphatic carbocycles. The molecule has 2 aromatic carbocycles. The van der Waals surface area contributed by atoms with Crippen LogP contribution in [0.3, 0.4) is 0 Å². The molecule has 0 aliphatic heterocycles. The summed E-state index contributed by atoms with van der Waals surface area (Å²) in [6.45, 7) is 3.20. The molecule has 0 saturated heterocycles. The second-order valence-corrected chi connectivity index (χ2v) is 7.80. The number of aryl methyl sites for hydroxylation is 1. The van der Waals surface area contributed by atoms with E-state index in [1.807, 2.05) is 41.0 Å². The van der Waals surface area contributed by atoms with Gasteiger partial charge < -0.3 is 15.0 Å². The number of hydrogen-bond acceptors (Lipinski definition) is 4. The van der Waals surface area contributed by atoms with Crippen LogP contribution in [0.25, 0.3) is 11.0 Å². The van der Waals surface area contributed by atoms with Crippen LogP contribution < -0.4 is 5.32 Å². The van der Waals surface area contributed by atoms with Crippen LogP contribution in [0, 0.1) is 0 Å². The van der Waals surface area contributed by atoms with E-state index >= 15 is 0 Å². The molecule has 5 nitrogen and oxygen atoms in total. The minimum Gasteiger partial charge on any atom is -0.396 e. The number of anilines is 1. The van der Waals surface area contributed by atoms with Gasteiger partial charge in [0.2, 0.25) is 5.95 Å². The maximum atomic E-state index is 13.0. The molecule has 0 unspecified atom stereocenters. The van der Waals surface area contributed by atoms with E-state index in [9.17, 15) is 4.79 Å². The molecule has 1 heterocycles. The van der Waals surface area contributed by atoms with Crippen molar-refractivity contribution >= 4 is 22.8 Å². The summed E-state index contributed by atoms with van der Waals surface area (Å²) in [5.41, 5.74) is 3.81. The lowest BCUT2D eigenvalue weighted by atomic mass is 10.0. The van der Waals surface area contributed by atoms with E-state index in [1.165, 1.54) is 37.7 Å². The highest BCUT2D eigenvalue weighted by atomic mass is 16.3. The van der Waals surface area contributed by atoms with Gasteiger partial charge in [-0.3, -0.25) is 4.79 Å². The van der Waals surface area contributed by atoms with Crippen molar-refractivity contribution in [3.8, 4) is 0 Å². The lowest BCUT2D eigenvalue weighted by molar-refractivity contribution is 0.0974. The fraction of sp³-hybridized carbons (Fsp3) is 0.440. The lowest BCUT2D eigenvalue weighted by Crippen LogP contribution is -2.15. The van der Waals surface area contributed by atoms with Crippen LogP contribution in [0.4, 0.5) is 5.95 Å². The van der Waals surface area contributed by atoms with Gasteiger partial charge in [-0.2, -0.15) is 0 Å². The molecule has 3 aromatic rings. The average molecular weight is 408 g/mol. The van der Waals surface area contributed by atoms with Gasteiger partial charge in [0.25, 0.3) is 0 Å². The number of aliphatic hydroxyl groups is 1. The molecule has 0 atom stereocenters.